The first-order valence-electron chi connectivity index (χ1n) is 7.25. The molecule has 0 N–H and O–H groups in total. The van der Waals surface area contributed by atoms with Gasteiger partial charge in [-0.05, 0) is 22.5 Å². The molecule has 0 aliphatic carbocycles. The van der Waals surface area contributed by atoms with Crippen molar-refractivity contribution >= 4 is 38.2 Å². The fraction of sp³-hybridized carbons (Fsp3) is 0.375. The fourth-order valence-electron chi connectivity index (χ4n) is 2.47. The van der Waals surface area contributed by atoms with Crippen molar-refractivity contribution in [1.82, 2.24) is 4.58 Å². The van der Waals surface area contributed by atoms with Gasteiger partial charge < -0.3 is 28.7 Å². The zero-order valence-electron chi connectivity index (χ0n) is 12.8. The van der Waals surface area contributed by atoms with Crippen molar-refractivity contribution < 1.29 is 33.5 Å². The number of hydrogen-bond acceptors (Lipinski definition) is 5. The number of thioether (sulfide) groups is 1. The standard InChI is InChI=1S/C16H18NO2S3.HI/c1-19-14-7-3-2-6-12(14)13(18)11-20-16-10-15(21-22-16)17-8-4-5-9-17;/h2-3,6-7,10H,4-5,8-9,11H2,1H3;1H/q+1;/p-1. The van der Waals surface area contributed by atoms with E-state index >= 15 is 0 Å². The normalized spacial score (nSPS) is 13.7. The monoisotopic (exact) mass is 479 g/mol. The van der Waals surface area contributed by atoms with Crippen LogP contribution in [0.1, 0.15) is 23.2 Å². The van der Waals surface area contributed by atoms with Crippen LogP contribution in [-0.4, -0.2) is 31.7 Å². The molecule has 1 aromatic carbocycles. The van der Waals surface area contributed by atoms with Gasteiger partial charge in [-0.25, -0.2) is 4.58 Å². The number of Topliss-reactive ketones (excluding diaryl/α,β-unsaturated/α-hetero) is 1. The summed E-state index contributed by atoms with van der Waals surface area (Å²) in [6.45, 7) is 2.33. The van der Waals surface area contributed by atoms with Gasteiger partial charge in [-0.15, -0.1) is 11.8 Å². The van der Waals surface area contributed by atoms with Gasteiger partial charge in [0.2, 0.25) is 0 Å². The van der Waals surface area contributed by atoms with Crippen molar-refractivity contribution in [2.75, 3.05) is 26.0 Å². The van der Waals surface area contributed by atoms with Gasteiger partial charge in [-0.1, -0.05) is 22.5 Å². The minimum Gasteiger partial charge on any atom is -1.00 e. The van der Waals surface area contributed by atoms with E-state index in [1.54, 1.807) is 29.2 Å². The summed E-state index contributed by atoms with van der Waals surface area (Å²) in [5.74, 6) is 1.22. The highest BCUT2D eigenvalue weighted by Gasteiger charge is 2.16. The SMILES string of the molecule is COc1ccccc1C(=O)CSc1cc(=[N+]2CCCC2)ss1.[I-]. The highest BCUT2D eigenvalue weighted by molar-refractivity contribution is 8.03. The predicted molar refractivity (Wildman–Crippen MR) is 94.5 cm³/mol. The van der Waals surface area contributed by atoms with Crippen LogP contribution in [0.2, 0.25) is 0 Å². The van der Waals surface area contributed by atoms with Crippen molar-refractivity contribution in [2.45, 2.75) is 17.1 Å². The second kappa shape index (κ2) is 9.19. The van der Waals surface area contributed by atoms with Gasteiger partial charge in [0.05, 0.1) is 22.6 Å². The molecule has 1 aliphatic heterocycles. The van der Waals surface area contributed by atoms with E-state index in [1.807, 2.05) is 34.6 Å². The lowest BCUT2D eigenvalue weighted by atomic mass is 10.1. The number of nitrogens with zero attached hydrogens (tertiary/aromatic N) is 1. The van der Waals surface area contributed by atoms with E-state index in [2.05, 4.69) is 10.6 Å². The number of methoxy groups -OCH3 is 1. The molecule has 0 amide bonds. The van der Waals surface area contributed by atoms with Crippen LogP contribution in [0.4, 0.5) is 0 Å². The Balaban J connectivity index is 0.00000192. The number of ether oxygens (including phenoxy) is 1. The molecule has 1 aromatic heterocycles. The van der Waals surface area contributed by atoms with E-state index in [1.165, 1.54) is 21.7 Å². The third-order valence-corrected chi connectivity index (χ3v) is 7.56. The summed E-state index contributed by atoms with van der Waals surface area (Å²) in [7, 11) is 5.18. The van der Waals surface area contributed by atoms with E-state index < -0.39 is 0 Å². The third-order valence-electron chi connectivity index (χ3n) is 3.62. The molecule has 124 valence electrons. The number of carbonyl (C=O) groups is 1. The first kappa shape index (κ1) is 19.0. The maximum absolute atomic E-state index is 12.4. The average Bonchev–Trinajstić information content (AvgIpc) is 3.23. The Hall–Kier alpha value is -0.380. The summed E-state index contributed by atoms with van der Waals surface area (Å²) in [4.78, 5) is 12.4. The Morgan fingerprint density at radius 2 is 2.00 bits per heavy atom. The molecule has 0 atom stereocenters. The zero-order chi connectivity index (χ0) is 15.4. The minimum atomic E-state index is 0. The van der Waals surface area contributed by atoms with Gasteiger partial charge in [0.25, 0.3) is 4.67 Å². The van der Waals surface area contributed by atoms with Crippen LogP contribution in [-0.2, 0) is 0 Å². The molecule has 23 heavy (non-hydrogen) atoms. The fourth-order valence-corrected chi connectivity index (χ4v) is 6.24. The first-order valence-corrected chi connectivity index (χ1v) is 10.4. The van der Waals surface area contributed by atoms with Gasteiger partial charge in [-0.3, -0.25) is 4.79 Å². The predicted octanol–water partition coefficient (Wildman–Crippen LogP) is 0.363. The molecular weight excluding hydrogens is 461 g/mol. The maximum Gasteiger partial charge on any atom is 0.268 e. The topological polar surface area (TPSA) is 29.3 Å². The third kappa shape index (κ3) is 4.80. The second-order valence-corrected chi connectivity index (χ2v) is 8.54. The molecule has 1 saturated heterocycles. The molecule has 3 nitrogen and oxygen atoms in total. The van der Waals surface area contributed by atoms with Crippen molar-refractivity contribution in [1.29, 1.82) is 0 Å². The van der Waals surface area contributed by atoms with Crippen molar-refractivity contribution in [3.63, 3.8) is 0 Å². The number of rotatable bonds is 5. The Morgan fingerprint density at radius 3 is 2.74 bits per heavy atom. The average molecular weight is 479 g/mol. The maximum atomic E-state index is 12.4. The molecule has 0 unspecified atom stereocenters. The van der Waals surface area contributed by atoms with Crippen molar-refractivity contribution in [3.05, 3.63) is 40.6 Å². The van der Waals surface area contributed by atoms with Crippen LogP contribution in [0.25, 0.3) is 0 Å². The molecule has 0 spiro atoms. The molecule has 2 aromatic rings. The van der Waals surface area contributed by atoms with E-state index in [0.717, 1.165) is 13.1 Å². The lowest BCUT2D eigenvalue weighted by Crippen LogP contribution is -3.00. The zero-order valence-corrected chi connectivity index (χ0v) is 17.4. The first-order chi connectivity index (χ1) is 10.8. The Bertz CT molecular complexity index is 731. The summed E-state index contributed by atoms with van der Waals surface area (Å²) in [6, 6.07) is 9.64. The lowest BCUT2D eigenvalue weighted by molar-refractivity contribution is -0.0000125. The quantitative estimate of drug-likeness (QED) is 0.204. The largest absolute Gasteiger partial charge is 1.00 e. The highest BCUT2D eigenvalue weighted by Crippen LogP contribution is 2.27. The van der Waals surface area contributed by atoms with Crippen LogP contribution in [0.3, 0.4) is 0 Å². The number of halogens is 1. The van der Waals surface area contributed by atoms with Crippen LogP contribution < -0.4 is 38.0 Å². The van der Waals surface area contributed by atoms with E-state index in [9.17, 15) is 4.79 Å². The van der Waals surface area contributed by atoms with Gasteiger partial charge in [0.15, 0.2) is 5.78 Å². The molecule has 3 rings (SSSR count). The molecule has 0 radical (unpaired) electrons. The minimum absolute atomic E-state index is 0. The molecule has 1 aliphatic rings. The smallest absolute Gasteiger partial charge is 0.268 e. The van der Waals surface area contributed by atoms with E-state index in [-0.39, 0.29) is 29.8 Å². The molecule has 0 saturated carbocycles. The van der Waals surface area contributed by atoms with E-state index in [4.69, 9.17) is 4.74 Å². The van der Waals surface area contributed by atoms with Gasteiger partial charge in [0, 0.05) is 18.9 Å². The summed E-state index contributed by atoms with van der Waals surface area (Å²) >= 11 is 1.62. The highest BCUT2D eigenvalue weighted by atomic mass is 127. The van der Waals surface area contributed by atoms with Crippen LogP contribution in [0.15, 0.2) is 34.5 Å². The van der Waals surface area contributed by atoms with Gasteiger partial charge in [0.1, 0.15) is 18.8 Å². The Morgan fingerprint density at radius 1 is 1.26 bits per heavy atom. The molecule has 1 fully saturated rings. The number of hydrogen-bond donors (Lipinski definition) is 0. The lowest BCUT2D eigenvalue weighted by Gasteiger charge is -2.06. The van der Waals surface area contributed by atoms with Crippen LogP contribution in [0, 0.1) is 0 Å². The number of ketones is 1. The Kier molecular flexibility index (Phi) is 7.58. The summed E-state index contributed by atoms with van der Waals surface area (Å²) < 4.78 is 10.3. The van der Waals surface area contributed by atoms with Crippen LogP contribution in [0.5, 0.6) is 5.75 Å². The van der Waals surface area contributed by atoms with Gasteiger partial charge >= 0.3 is 0 Å². The van der Waals surface area contributed by atoms with E-state index in [0.29, 0.717) is 17.1 Å². The molecule has 2 heterocycles. The van der Waals surface area contributed by atoms with Crippen molar-refractivity contribution in [3.8, 4) is 5.75 Å². The molecule has 0 bridgehead atoms. The van der Waals surface area contributed by atoms with Gasteiger partial charge in [-0.2, -0.15) is 0 Å². The van der Waals surface area contributed by atoms with Crippen LogP contribution >= 0.6 is 32.4 Å². The molecule has 7 heteroatoms. The number of para-hydroxylation sites is 1. The number of benzene rings is 1. The summed E-state index contributed by atoms with van der Waals surface area (Å²) in [6.07, 6.45) is 2.58. The second-order valence-electron chi connectivity index (χ2n) is 5.07. The van der Waals surface area contributed by atoms with Crippen molar-refractivity contribution in [2.24, 2.45) is 0 Å². The Labute approximate surface area is 164 Å². The summed E-state index contributed by atoms with van der Waals surface area (Å²) in [5, 5.41) is 0. The number of carbonyl (C=O) groups excluding carboxylic acids is 1. The summed E-state index contributed by atoms with van der Waals surface area (Å²) in [5.41, 5.74) is 0.664. The molecular formula is C16H18INO2S3.